The maximum Gasteiger partial charge on any atom is 0.159 e. The van der Waals surface area contributed by atoms with Crippen LogP contribution < -0.4 is 0 Å². The van der Waals surface area contributed by atoms with Crippen LogP contribution in [0.25, 0.3) is 0 Å². The largest absolute Gasteiger partial charge is 0.389 e. The normalized spacial score (nSPS) is 38.9. The van der Waals surface area contributed by atoms with Gasteiger partial charge in [0.1, 0.15) is 0 Å². The van der Waals surface area contributed by atoms with Gasteiger partial charge in [-0.05, 0) is 25.3 Å². The van der Waals surface area contributed by atoms with E-state index in [0.717, 1.165) is 36.8 Å². The van der Waals surface area contributed by atoms with Gasteiger partial charge in [0.05, 0.1) is 5.60 Å². The molecule has 16 heavy (non-hydrogen) atoms. The highest BCUT2D eigenvalue weighted by Gasteiger charge is 2.50. The first kappa shape index (κ1) is 11.6. The molecule has 2 atom stereocenters. The summed E-state index contributed by atoms with van der Waals surface area (Å²) >= 11 is 0. The Morgan fingerprint density at radius 1 is 1.44 bits per heavy atom. The molecule has 1 fully saturated rings. The van der Waals surface area contributed by atoms with Crippen molar-refractivity contribution in [2.75, 3.05) is 0 Å². The lowest BCUT2D eigenvalue weighted by Crippen LogP contribution is -2.50. The summed E-state index contributed by atoms with van der Waals surface area (Å²) in [6, 6.07) is 0. The minimum Gasteiger partial charge on any atom is -0.389 e. The summed E-state index contributed by atoms with van der Waals surface area (Å²) in [5, 5.41) is 10.7. The molecule has 0 aromatic heterocycles. The summed E-state index contributed by atoms with van der Waals surface area (Å²) in [5.41, 5.74) is 0.609. The number of carbonyl (C=O) groups excluding carboxylic acids is 1. The second-order valence-electron chi connectivity index (χ2n) is 5.55. The van der Waals surface area contributed by atoms with Crippen molar-refractivity contribution in [3.8, 4) is 0 Å². The average Bonchev–Trinajstić information content (AvgIpc) is 2.18. The molecule has 0 heterocycles. The number of hydrogen-bond donors (Lipinski definition) is 1. The Morgan fingerprint density at radius 2 is 2.06 bits per heavy atom. The molecule has 1 N–H and O–H groups in total. The fraction of sp³-hybridized carbons (Fsp3) is 0.643. The van der Waals surface area contributed by atoms with Crippen molar-refractivity contribution >= 4 is 5.78 Å². The molecular formula is C14H20O2. The average molecular weight is 220 g/mol. The molecule has 1 saturated carbocycles. The van der Waals surface area contributed by atoms with Crippen LogP contribution in [0.2, 0.25) is 0 Å². The topological polar surface area (TPSA) is 37.3 Å². The van der Waals surface area contributed by atoms with Gasteiger partial charge in [-0.3, -0.25) is 4.79 Å². The number of carbonyl (C=O) groups is 1. The number of rotatable bonds is 1. The van der Waals surface area contributed by atoms with Gasteiger partial charge in [0, 0.05) is 17.4 Å². The summed E-state index contributed by atoms with van der Waals surface area (Å²) in [4.78, 5) is 11.5. The maximum absolute atomic E-state index is 11.5. The van der Waals surface area contributed by atoms with E-state index in [9.17, 15) is 9.90 Å². The second-order valence-corrected chi connectivity index (χ2v) is 5.55. The van der Waals surface area contributed by atoms with Gasteiger partial charge in [-0.15, -0.1) is 0 Å². The van der Waals surface area contributed by atoms with Crippen LogP contribution in [0.3, 0.4) is 0 Å². The third-order valence-electron chi connectivity index (χ3n) is 4.33. The van der Waals surface area contributed by atoms with Gasteiger partial charge in [0.2, 0.25) is 0 Å². The zero-order valence-electron chi connectivity index (χ0n) is 10.2. The van der Waals surface area contributed by atoms with Gasteiger partial charge in [-0.1, -0.05) is 32.4 Å². The van der Waals surface area contributed by atoms with E-state index in [1.54, 1.807) is 6.92 Å². The predicted octanol–water partition coefficient (Wildman–Crippen LogP) is 2.77. The molecule has 2 rings (SSSR count). The number of ketones is 1. The third kappa shape index (κ3) is 1.56. The Kier molecular flexibility index (Phi) is 2.58. The molecule has 2 nitrogen and oxygen atoms in total. The van der Waals surface area contributed by atoms with Crippen molar-refractivity contribution < 1.29 is 9.90 Å². The van der Waals surface area contributed by atoms with Crippen molar-refractivity contribution in [1.29, 1.82) is 0 Å². The molecule has 0 amide bonds. The van der Waals surface area contributed by atoms with Crippen molar-refractivity contribution in [1.82, 2.24) is 0 Å². The predicted molar refractivity (Wildman–Crippen MR) is 64.0 cm³/mol. The quantitative estimate of drug-likeness (QED) is 0.737. The fourth-order valence-corrected chi connectivity index (χ4v) is 3.14. The Labute approximate surface area is 97.0 Å². The molecule has 0 bridgehead atoms. The summed E-state index contributed by atoms with van der Waals surface area (Å²) in [6.07, 6.45) is 6.52. The van der Waals surface area contributed by atoms with E-state index in [4.69, 9.17) is 0 Å². The van der Waals surface area contributed by atoms with Crippen LogP contribution in [0.15, 0.2) is 23.8 Å². The Bertz CT molecular complexity index is 380. The monoisotopic (exact) mass is 220 g/mol. The molecule has 0 aromatic carbocycles. The van der Waals surface area contributed by atoms with Crippen LogP contribution in [-0.2, 0) is 4.79 Å². The molecule has 2 aliphatic carbocycles. The summed E-state index contributed by atoms with van der Waals surface area (Å²) in [5.74, 6) is 0.0684. The summed E-state index contributed by atoms with van der Waals surface area (Å²) in [6.45, 7) is 7.58. The van der Waals surface area contributed by atoms with Crippen LogP contribution in [0.5, 0.6) is 0 Å². The lowest BCUT2D eigenvalue weighted by molar-refractivity contribution is -0.114. The molecule has 0 aliphatic heterocycles. The van der Waals surface area contributed by atoms with Crippen molar-refractivity contribution in [3.63, 3.8) is 0 Å². The van der Waals surface area contributed by atoms with Crippen LogP contribution in [0.1, 0.15) is 46.0 Å². The van der Waals surface area contributed by atoms with Crippen molar-refractivity contribution in [2.45, 2.75) is 51.6 Å². The first-order valence-electron chi connectivity index (χ1n) is 6.02. The van der Waals surface area contributed by atoms with E-state index in [1.807, 2.05) is 6.08 Å². The van der Waals surface area contributed by atoms with Crippen LogP contribution in [0, 0.1) is 5.41 Å². The number of Topliss-reactive ketones (excluding diaryl/α,β-unsaturated/α-hetero) is 1. The minimum atomic E-state index is -0.679. The molecule has 0 unspecified atom stereocenters. The van der Waals surface area contributed by atoms with Gasteiger partial charge in [0.15, 0.2) is 5.78 Å². The molecule has 0 aromatic rings. The lowest BCUT2D eigenvalue weighted by atomic mass is 9.58. The molecule has 2 aliphatic rings. The SMILES string of the molecule is C=C1C[C@@]2(O)CCCC[C@]2(C)C=C1C(C)=O. The van der Waals surface area contributed by atoms with Crippen molar-refractivity contribution in [3.05, 3.63) is 23.8 Å². The Morgan fingerprint density at radius 3 is 2.69 bits per heavy atom. The van der Waals surface area contributed by atoms with Gasteiger partial charge in [-0.2, -0.15) is 0 Å². The molecule has 0 saturated heterocycles. The molecule has 88 valence electrons. The van der Waals surface area contributed by atoms with E-state index >= 15 is 0 Å². The first-order valence-corrected chi connectivity index (χ1v) is 6.02. The van der Waals surface area contributed by atoms with E-state index in [0.29, 0.717) is 6.42 Å². The van der Waals surface area contributed by atoms with Gasteiger partial charge >= 0.3 is 0 Å². The molecular weight excluding hydrogens is 200 g/mol. The summed E-state index contributed by atoms with van der Waals surface area (Å²) < 4.78 is 0. The third-order valence-corrected chi connectivity index (χ3v) is 4.33. The highest BCUT2D eigenvalue weighted by Crippen LogP contribution is 2.52. The zero-order valence-corrected chi connectivity index (χ0v) is 10.2. The maximum atomic E-state index is 11.5. The van der Waals surface area contributed by atoms with Crippen LogP contribution in [0.4, 0.5) is 0 Å². The van der Waals surface area contributed by atoms with E-state index in [1.165, 1.54) is 0 Å². The molecule has 0 spiro atoms. The zero-order chi connectivity index (χ0) is 12.0. The van der Waals surface area contributed by atoms with E-state index < -0.39 is 5.60 Å². The minimum absolute atomic E-state index is 0.0684. The Balaban J connectivity index is 2.46. The first-order chi connectivity index (χ1) is 7.38. The number of fused-ring (bicyclic) bond motifs is 1. The summed E-state index contributed by atoms with van der Waals surface area (Å²) in [7, 11) is 0. The van der Waals surface area contributed by atoms with Gasteiger partial charge in [0.25, 0.3) is 0 Å². The smallest absolute Gasteiger partial charge is 0.159 e. The van der Waals surface area contributed by atoms with Crippen molar-refractivity contribution in [2.24, 2.45) is 5.41 Å². The van der Waals surface area contributed by atoms with Gasteiger partial charge in [-0.25, -0.2) is 0 Å². The highest BCUT2D eigenvalue weighted by atomic mass is 16.3. The van der Waals surface area contributed by atoms with Crippen LogP contribution in [-0.4, -0.2) is 16.5 Å². The Hall–Kier alpha value is -0.890. The number of hydrogen-bond acceptors (Lipinski definition) is 2. The van der Waals surface area contributed by atoms with Crippen LogP contribution >= 0.6 is 0 Å². The lowest BCUT2D eigenvalue weighted by Gasteiger charge is -2.50. The number of aliphatic hydroxyl groups is 1. The molecule has 2 heteroatoms. The van der Waals surface area contributed by atoms with Gasteiger partial charge < -0.3 is 5.11 Å². The van der Waals surface area contributed by atoms with E-state index in [-0.39, 0.29) is 11.2 Å². The molecule has 0 radical (unpaired) electrons. The highest BCUT2D eigenvalue weighted by molar-refractivity contribution is 5.98. The van der Waals surface area contributed by atoms with E-state index in [2.05, 4.69) is 13.5 Å². The fourth-order valence-electron chi connectivity index (χ4n) is 3.14. The second kappa shape index (κ2) is 3.56. The standard InChI is InChI=1S/C14H20O2/c1-10-8-14(16)7-5-4-6-13(14,3)9-12(10)11(2)15/h9,16H,1,4-8H2,2-3H3/t13-,14+/m1/s1. The number of allylic oxidation sites excluding steroid dienone is 1.